The van der Waals surface area contributed by atoms with Crippen molar-refractivity contribution in [2.75, 3.05) is 13.1 Å². The topological polar surface area (TPSA) is 75.4 Å². The summed E-state index contributed by atoms with van der Waals surface area (Å²) < 4.78 is 46.7. The monoisotopic (exact) mass is 621 g/mol. The first-order valence-electron chi connectivity index (χ1n) is 14.4. The van der Waals surface area contributed by atoms with Gasteiger partial charge in [-0.15, -0.1) is 0 Å². The summed E-state index contributed by atoms with van der Waals surface area (Å²) in [7, 11) is 0. The van der Waals surface area contributed by atoms with E-state index in [9.17, 15) is 19.1 Å². The number of nitrogens with zero attached hydrogens (tertiary/aromatic N) is 3. The summed E-state index contributed by atoms with van der Waals surface area (Å²) in [6, 6.07) is 12.1. The van der Waals surface area contributed by atoms with Gasteiger partial charge in [-0.25, -0.2) is 13.2 Å². The second-order valence-corrected chi connectivity index (χ2v) is 12.8. The molecular formula is C34H31ClF3N3O3. The fraction of sp³-hybridized carbons (Fsp3) is 0.324. The van der Waals surface area contributed by atoms with E-state index in [0.717, 1.165) is 12.0 Å². The van der Waals surface area contributed by atoms with Gasteiger partial charge in [0.25, 0.3) is 11.5 Å². The van der Waals surface area contributed by atoms with Crippen molar-refractivity contribution >= 4 is 17.5 Å². The molecule has 0 spiro atoms. The Morgan fingerprint density at radius 2 is 1.70 bits per heavy atom. The number of pyridine rings is 2. The SMILES string of the molecule is Cc1cnc(-c2cccc(C(=O)N3CC(C(C)(C)O)C3)c2F)c(F)c1-n1c(C)cc([C@H]2C[C@@H]2c2ccc(F)cc2)c(Cl)c1=O. The normalized spacial score (nSPS) is 18.3. The maximum absolute atomic E-state index is 16.3. The van der Waals surface area contributed by atoms with Gasteiger partial charge >= 0.3 is 0 Å². The number of aryl methyl sites for hydroxylation is 2. The van der Waals surface area contributed by atoms with E-state index in [1.807, 2.05) is 0 Å². The highest BCUT2D eigenvalue weighted by Gasteiger charge is 2.42. The molecule has 0 unspecified atom stereocenters. The van der Waals surface area contributed by atoms with Crippen molar-refractivity contribution in [3.63, 3.8) is 0 Å². The van der Waals surface area contributed by atoms with Gasteiger partial charge in [-0.1, -0.05) is 29.8 Å². The molecule has 0 bridgehead atoms. The van der Waals surface area contributed by atoms with Gasteiger partial charge in [0.1, 0.15) is 22.4 Å². The van der Waals surface area contributed by atoms with Gasteiger partial charge in [-0.05, 0) is 93.0 Å². The molecule has 10 heteroatoms. The third kappa shape index (κ3) is 5.12. The van der Waals surface area contributed by atoms with Crippen LogP contribution in [0.15, 0.2) is 59.5 Å². The summed E-state index contributed by atoms with van der Waals surface area (Å²) >= 11 is 6.61. The molecule has 1 aliphatic carbocycles. The molecule has 1 amide bonds. The number of likely N-dealkylation sites (tertiary alicyclic amines) is 1. The van der Waals surface area contributed by atoms with E-state index in [1.165, 1.54) is 46.0 Å². The summed E-state index contributed by atoms with van der Waals surface area (Å²) in [5.41, 5.74) is -0.139. The Balaban J connectivity index is 1.35. The van der Waals surface area contributed by atoms with Crippen LogP contribution in [0.25, 0.3) is 16.9 Å². The lowest BCUT2D eigenvalue weighted by Gasteiger charge is -2.45. The fourth-order valence-corrected chi connectivity index (χ4v) is 6.35. The predicted octanol–water partition coefficient (Wildman–Crippen LogP) is 6.70. The molecule has 2 aliphatic rings. The van der Waals surface area contributed by atoms with Gasteiger partial charge in [0, 0.05) is 36.5 Å². The van der Waals surface area contributed by atoms with Gasteiger partial charge in [0.2, 0.25) is 0 Å². The molecule has 2 atom stereocenters. The molecule has 6 rings (SSSR count). The highest BCUT2D eigenvalue weighted by atomic mass is 35.5. The Hall–Kier alpha value is -3.95. The lowest BCUT2D eigenvalue weighted by Crippen LogP contribution is -2.57. The van der Waals surface area contributed by atoms with Crippen LogP contribution in [0.2, 0.25) is 5.02 Å². The number of carbonyl (C=O) groups is 1. The third-order valence-electron chi connectivity index (χ3n) is 8.90. The van der Waals surface area contributed by atoms with E-state index in [-0.39, 0.29) is 64.2 Å². The molecule has 1 aliphatic heterocycles. The van der Waals surface area contributed by atoms with Gasteiger partial charge in [0.05, 0.1) is 16.9 Å². The quantitative estimate of drug-likeness (QED) is 0.260. The highest BCUT2D eigenvalue weighted by Crippen LogP contribution is 2.56. The molecule has 0 radical (unpaired) electrons. The van der Waals surface area contributed by atoms with Crippen LogP contribution in [0.4, 0.5) is 13.2 Å². The van der Waals surface area contributed by atoms with Gasteiger partial charge in [0.15, 0.2) is 5.82 Å². The Kier molecular flexibility index (Phi) is 7.45. The first-order chi connectivity index (χ1) is 20.8. The van der Waals surface area contributed by atoms with Gasteiger partial charge in [-0.2, -0.15) is 0 Å². The minimum absolute atomic E-state index is 0.0348. The van der Waals surface area contributed by atoms with Crippen LogP contribution >= 0.6 is 11.6 Å². The van der Waals surface area contributed by atoms with Crippen LogP contribution in [0.1, 0.15) is 64.8 Å². The molecule has 3 heterocycles. The molecule has 2 fully saturated rings. The number of hydrogen-bond acceptors (Lipinski definition) is 4. The van der Waals surface area contributed by atoms with Crippen molar-refractivity contribution in [2.24, 2.45) is 5.92 Å². The van der Waals surface area contributed by atoms with Crippen LogP contribution in [-0.4, -0.2) is 44.2 Å². The number of hydrogen-bond donors (Lipinski definition) is 1. The molecule has 44 heavy (non-hydrogen) atoms. The minimum atomic E-state index is -0.969. The van der Waals surface area contributed by atoms with Gasteiger partial charge in [-0.3, -0.25) is 19.1 Å². The predicted molar refractivity (Wildman–Crippen MR) is 162 cm³/mol. The number of amides is 1. The minimum Gasteiger partial charge on any atom is -0.390 e. The number of aliphatic hydroxyl groups is 1. The van der Waals surface area contributed by atoms with Crippen LogP contribution in [-0.2, 0) is 0 Å². The number of benzene rings is 2. The third-order valence-corrected chi connectivity index (χ3v) is 9.28. The molecule has 228 valence electrons. The average molecular weight is 622 g/mol. The molecule has 6 nitrogen and oxygen atoms in total. The zero-order valence-electron chi connectivity index (χ0n) is 24.7. The van der Waals surface area contributed by atoms with Crippen molar-refractivity contribution < 1.29 is 23.1 Å². The number of aromatic nitrogens is 2. The second kappa shape index (κ2) is 10.9. The second-order valence-electron chi connectivity index (χ2n) is 12.4. The Labute approximate surface area is 257 Å². The molecular weight excluding hydrogens is 591 g/mol. The largest absolute Gasteiger partial charge is 0.390 e. The maximum atomic E-state index is 16.3. The van der Waals surface area contributed by atoms with Crippen LogP contribution in [0.3, 0.4) is 0 Å². The van der Waals surface area contributed by atoms with E-state index in [1.54, 1.807) is 45.9 Å². The smallest absolute Gasteiger partial charge is 0.274 e. The molecule has 2 aromatic carbocycles. The number of carbonyl (C=O) groups excluding carboxylic acids is 1. The average Bonchev–Trinajstić information content (AvgIpc) is 3.72. The first kappa shape index (κ1) is 30.1. The van der Waals surface area contributed by atoms with E-state index in [0.29, 0.717) is 16.8 Å². The molecule has 2 aromatic heterocycles. The van der Waals surface area contributed by atoms with E-state index in [2.05, 4.69) is 4.98 Å². The van der Waals surface area contributed by atoms with E-state index < -0.39 is 28.7 Å². The van der Waals surface area contributed by atoms with Gasteiger partial charge < -0.3 is 10.0 Å². The van der Waals surface area contributed by atoms with Crippen molar-refractivity contribution in [2.45, 2.75) is 51.6 Å². The molecule has 1 saturated carbocycles. The molecule has 1 saturated heterocycles. The summed E-state index contributed by atoms with van der Waals surface area (Å²) in [6.45, 7) is 7.13. The Bertz CT molecular complexity index is 1860. The highest BCUT2D eigenvalue weighted by molar-refractivity contribution is 6.31. The number of rotatable bonds is 6. The summed E-state index contributed by atoms with van der Waals surface area (Å²) in [5.74, 6) is -2.83. The standard InChI is InChI=1S/C34H31ClF3N3O3/c1-17-14-39-30(22-6-5-7-23(28(22)37)32(42)40-15-20(16-40)34(3,4)44)29(38)31(17)41-18(2)12-26(27(35)33(41)43)25-13-24(25)19-8-10-21(36)11-9-19/h5-12,14,20,24-25,44H,13,15-16H2,1-4H3/t24-,25+/m1/s1. The molecule has 4 aromatic rings. The zero-order chi connectivity index (χ0) is 31.7. The van der Waals surface area contributed by atoms with E-state index >= 15 is 8.78 Å². The van der Waals surface area contributed by atoms with Crippen LogP contribution < -0.4 is 5.56 Å². The van der Waals surface area contributed by atoms with Crippen molar-refractivity contribution in [1.29, 1.82) is 0 Å². The number of halogens is 4. The zero-order valence-corrected chi connectivity index (χ0v) is 25.4. The molecule has 1 N–H and O–H groups in total. The van der Waals surface area contributed by atoms with Crippen LogP contribution in [0, 0.1) is 37.2 Å². The Morgan fingerprint density at radius 1 is 1.02 bits per heavy atom. The Morgan fingerprint density at radius 3 is 2.36 bits per heavy atom. The van der Waals surface area contributed by atoms with E-state index in [4.69, 9.17) is 11.6 Å². The fourth-order valence-electron chi connectivity index (χ4n) is 6.07. The summed E-state index contributed by atoms with van der Waals surface area (Å²) in [5, 5.41) is 10.1. The van der Waals surface area contributed by atoms with Crippen molar-refractivity contribution in [3.8, 4) is 16.9 Å². The lowest BCUT2D eigenvalue weighted by atomic mass is 9.84. The van der Waals surface area contributed by atoms with Crippen molar-refractivity contribution in [3.05, 3.63) is 116 Å². The first-order valence-corrected chi connectivity index (χ1v) is 14.8. The summed E-state index contributed by atoms with van der Waals surface area (Å²) in [4.78, 5) is 32.3. The maximum Gasteiger partial charge on any atom is 0.274 e. The van der Waals surface area contributed by atoms with Crippen LogP contribution in [0.5, 0.6) is 0 Å². The lowest BCUT2D eigenvalue weighted by molar-refractivity contribution is -0.0508. The van der Waals surface area contributed by atoms with Crippen molar-refractivity contribution in [1.82, 2.24) is 14.5 Å². The summed E-state index contributed by atoms with van der Waals surface area (Å²) in [6.07, 6.45) is 2.09.